The number of urea groups is 1. The van der Waals surface area contributed by atoms with Crippen molar-refractivity contribution in [3.05, 3.63) is 29.3 Å². The molecule has 0 radical (unpaired) electrons. The molecule has 0 bridgehead atoms. The predicted molar refractivity (Wildman–Crippen MR) is 101 cm³/mol. The van der Waals surface area contributed by atoms with E-state index in [1.54, 1.807) is 9.80 Å². The molecule has 3 fully saturated rings. The monoisotopic (exact) mass is 377 g/mol. The quantitative estimate of drug-likeness (QED) is 0.774. The summed E-state index contributed by atoms with van der Waals surface area (Å²) in [6.07, 6.45) is 2.67. The van der Waals surface area contributed by atoms with Crippen LogP contribution in [0.25, 0.3) is 0 Å². The highest BCUT2D eigenvalue weighted by molar-refractivity contribution is 6.30. The number of imide groups is 1. The molecule has 3 aliphatic rings. The molecule has 1 aromatic carbocycles. The number of amides is 3. The fourth-order valence-corrected chi connectivity index (χ4v) is 4.56. The van der Waals surface area contributed by atoms with Crippen molar-refractivity contribution in [1.82, 2.24) is 9.80 Å². The number of piperazine rings is 1. The summed E-state index contributed by atoms with van der Waals surface area (Å²) in [4.78, 5) is 31.8. The van der Waals surface area contributed by atoms with E-state index in [0.717, 1.165) is 63.6 Å². The van der Waals surface area contributed by atoms with Gasteiger partial charge in [0.1, 0.15) is 6.04 Å². The zero-order valence-electron chi connectivity index (χ0n) is 15.0. The maximum Gasteiger partial charge on any atom is 0.327 e. The standard InChI is InChI=1S/C19H25ClN4O2/c20-15-4-1-5-16(14-15)22-12-10-21(11-13-22)7-3-9-24-18(25)17-6-2-8-23(17)19(24)26/h1,4-5,14,17H,2-3,6-13H2/p+1/t17-/m0/s1. The predicted octanol–water partition coefficient (Wildman–Crippen LogP) is 0.862. The Morgan fingerprint density at radius 1 is 1.15 bits per heavy atom. The Morgan fingerprint density at radius 3 is 2.69 bits per heavy atom. The third kappa shape index (κ3) is 3.40. The van der Waals surface area contributed by atoms with Gasteiger partial charge in [-0.1, -0.05) is 17.7 Å². The van der Waals surface area contributed by atoms with Gasteiger partial charge < -0.3 is 14.7 Å². The first kappa shape index (κ1) is 17.6. The number of fused-ring (bicyclic) bond motifs is 1. The Balaban J connectivity index is 1.22. The van der Waals surface area contributed by atoms with Crippen molar-refractivity contribution in [2.75, 3.05) is 50.7 Å². The molecule has 7 heteroatoms. The first-order chi connectivity index (χ1) is 12.6. The Morgan fingerprint density at radius 2 is 1.96 bits per heavy atom. The van der Waals surface area contributed by atoms with E-state index >= 15 is 0 Å². The van der Waals surface area contributed by atoms with Crippen LogP contribution in [-0.2, 0) is 4.79 Å². The molecular weight excluding hydrogens is 352 g/mol. The molecule has 3 aliphatic heterocycles. The van der Waals surface area contributed by atoms with E-state index < -0.39 is 0 Å². The van der Waals surface area contributed by atoms with Crippen LogP contribution in [0, 0.1) is 0 Å². The number of halogens is 1. The highest BCUT2D eigenvalue weighted by atomic mass is 35.5. The molecule has 3 amide bonds. The molecule has 3 saturated heterocycles. The molecule has 6 nitrogen and oxygen atoms in total. The lowest BCUT2D eigenvalue weighted by Gasteiger charge is -2.34. The maximum atomic E-state index is 12.3. The van der Waals surface area contributed by atoms with Crippen molar-refractivity contribution in [2.24, 2.45) is 0 Å². The number of hydrogen-bond donors (Lipinski definition) is 1. The van der Waals surface area contributed by atoms with Gasteiger partial charge in [-0.15, -0.1) is 0 Å². The zero-order valence-corrected chi connectivity index (χ0v) is 15.7. The molecule has 1 aromatic rings. The first-order valence-corrected chi connectivity index (χ1v) is 9.97. The lowest BCUT2D eigenvalue weighted by Crippen LogP contribution is -3.15. The van der Waals surface area contributed by atoms with Crippen LogP contribution in [0.3, 0.4) is 0 Å². The number of rotatable bonds is 5. The third-order valence-corrected chi connectivity index (χ3v) is 6.07. The summed E-state index contributed by atoms with van der Waals surface area (Å²) in [5.41, 5.74) is 1.19. The van der Waals surface area contributed by atoms with Crippen LogP contribution >= 0.6 is 11.6 Å². The van der Waals surface area contributed by atoms with Gasteiger partial charge in [-0.3, -0.25) is 9.69 Å². The number of nitrogens with one attached hydrogen (secondary N) is 1. The molecule has 26 heavy (non-hydrogen) atoms. The minimum absolute atomic E-state index is 0.0216. The molecule has 1 N–H and O–H groups in total. The number of quaternary nitrogens is 1. The molecule has 1 atom stereocenters. The van der Waals surface area contributed by atoms with Gasteiger partial charge in [0.2, 0.25) is 0 Å². The highest BCUT2D eigenvalue weighted by Gasteiger charge is 2.46. The molecule has 0 aromatic heterocycles. The summed E-state index contributed by atoms with van der Waals surface area (Å²) in [7, 11) is 0. The van der Waals surface area contributed by atoms with Gasteiger partial charge in [0.25, 0.3) is 5.91 Å². The lowest BCUT2D eigenvalue weighted by atomic mass is 10.2. The molecule has 3 heterocycles. The summed E-state index contributed by atoms with van der Waals surface area (Å²) < 4.78 is 0. The van der Waals surface area contributed by atoms with Crippen LogP contribution in [-0.4, -0.2) is 73.6 Å². The van der Waals surface area contributed by atoms with Gasteiger partial charge in [-0.2, -0.15) is 0 Å². The van der Waals surface area contributed by atoms with E-state index in [1.807, 2.05) is 18.2 Å². The van der Waals surface area contributed by atoms with E-state index in [4.69, 9.17) is 11.6 Å². The van der Waals surface area contributed by atoms with Crippen molar-refractivity contribution in [2.45, 2.75) is 25.3 Å². The number of carbonyl (C=O) groups is 2. The Hall–Kier alpha value is -1.79. The molecule has 4 rings (SSSR count). The third-order valence-electron chi connectivity index (χ3n) is 5.84. The highest BCUT2D eigenvalue weighted by Crippen LogP contribution is 2.27. The molecule has 140 valence electrons. The summed E-state index contributed by atoms with van der Waals surface area (Å²) in [6.45, 7) is 6.46. The number of anilines is 1. The van der Waals surface area contributed by atoms with Crippen molar-refractivity contribution in [3.63, 3.8) is 0 Å². The van der Waals surface area contributed by atoms with E-state index in [1.165, 1.54) is 10.6 Å². The summed E-state index contributed by atoms with van der Waals surface area (Å²) in [6, 6.07) is 7.77. The van der Waals surface area contributed by atoms with Gasteiger partial charge >= 0.3 is 6.03 Å². The number of hydrogen-bond acceptors (Lipinski definition) is 3. The Bertz CT molecular complexity index is 668. The Labute approximate surface area is 159 Å². The molecule has 0 spiro atoms. The van der Waals surface area contributed by atoms with Crippen molar-refractivity contribution in [3.8, 4) is 0 Å². The smallest absolute Gasteiger partial charge is 0.327 e. The van der Waals surface area contributed by atoms with Crippen molar-refractivity contribution >= 4 is 29.2 Å². The van der Waals surface area contributed by atoms with Gasteiger partial charge in [-0.05, 0) is 31.0 Å². The average molecular weight is 378 g/mol. The Kier molecular flexibility index (Phi) is 5.05. The van der Waals surface area contributed by atoms with E-state index in [2.05, 4.69) is 11.0 Å². The van der Waals surface area contributed by atoms with Gasteiger partial charge in [0.05, 0.1) is 32.7 Å². The summed E-state index contributed by atoms with van der Waals surface area (Å²) >= 11 is 6.09. The van der Waals surface area contributed by atoms with Crippen LogP contribution in [0.1, 0.15) is 19.3 Å². The second-order valence-corrected chi connectivity index (χ2v) is 7.88. The first-order valence-electron chi connectivity index (χ1n) is 9.59. The minimum atomic E-state index is -0.170. The van der Waals surface area contributed by atoms with Crippen LogP contribution in [0.4, 0.5) is 10.5 Å². The maximum absolute atomic E-state index is 12.3. The van der Waals surface area contributed by atoms with Crippen LogP contribution in [0.2, 0.25) is 5.02 Å². The SMILES string of the molecule is O=C1[C@@H]2CCCN2C(=O)N1CCC[NH+]1CCN(c2cccc(Cl)c2)CC1. The molecular formula is C19H26ClN4O2+. The largest absolute Gasteiger partial charge is 0.360 e. The van der Waals surface area contributed by atoms with Crippen LogP contribution < -0.4 is 9.80 Å². The fourth-order valence-electron chi connectivity index (χ4n) is 4.38. The van der Waals surface area contributed by atoms with E-state index in [-0.39, 0.29) is 18.0 Å². The van der Waals surface area contributed by atoms with Crippen LogP contribution in [0.15, 0.2) is 24.3 Å². The van der Waals surface area contributed by atoms with Crippen molar-refractivity contribution < 1.29 is 14.5 Å². The second kappa shape index (κ2) is 7.45. The molecule has 0 aliphatic carbocycles. The second-order valence-electron chi connectivity index (χ2n) is 7.44. The fraction of sp³-hybridized carbons (Fsp3) is 0.579. The minimum Gasteiger partial charge on any atom is -0.360 e. The van der Waals surface area contributed by atoms with E-state index in [9.17, 15) is 9.59 Å². The van der Waals surface area contributed by atoms with Gasteiger partial charge in [-0.25, -0.2) is 4.79 Å². The van der Waals surface area contributed by atoms with Gasteiger partial charge in [0, 0.05) is 30.2 Å². The topological polar surface area (TPSA) is 48.3 Å². The number of carbonyl (C=O) groups excluding carboxylic acids is 2. The normalized spacial score (nSPS) is 23.9. The summed E-state index contributed by atoms with van der Waals surface area (Å²) in [5.74, 6) is 0.0216. The molecule has 0 saturated carbocycles. The zero-order chi connectivity index (χ0) is 18.1. The number of nitrogens with zero attached hydrogens (tertiary/aromatic N) is 3. The van der Waals surface area contributed by atoms with Crippen molar-refractivity contribution in [1.29, 1.82) is 0 Å². The van der Waals surface area contributed by atoms with Crippen LogP contribution in [0.5, 0.6) is 0 Å². The lowest BCUT2D eigenvalue weighted by molar-refractivity contribution is -0.900. The average Bonchev–Trinajstić information content (AvgIpc) is 3.22. The summed E-state index contributed by atoms with van der Waals surface area (Å²) in [5, 5.41) is 0.776. The molecule has 0 unspecified atom stereocenters. The van der Waals surface area contributed by atoms with E-state index in [0.29, 0.717) is 6.54 Å². The number of benzene rings is 1. The van der Waals surface area contributed by atoms with Gasteiger partial charge in [0.15, 0.2) is 0 Å².